The predicted molar refractivity (Wildman–Crippen MR) is 93.5 cm³/mol. The molecule has 0 spiro atoms. The number of benzene rings is 2. The fourth-order valence-corrected chi connectivity index (χ4v) is 2.69. The second-order valence-electron chi connectivity index (χ2n) is 5.36. The summed E-state index contributed by atoms with van der Waals surface area (Å²) in [5.74, 6) is 0.768. The summed E-state index contributed by atoms with van der Waals surface area (Å²) in [5, 5.41) is 6.24. The number of carbonyl (C=O) groups excluding carboxylic acids is 1. The van der Waals surface area contributed by atoms with Gasteiger partial charge in [0.2, 0.25) is 11.9 Å². The summed E-state index contributed by atoms with van der Waals surface area (Å²) in [5.41, 5.74) is 3.95. The molecule has 0 aliphatic rings. The Hall–Kier alpha value is -2.82. The third-order valence-corrected chi connectivity index (χ3v) is 3.74. The van der Waals surface area contributed by atoms with Crippen molar-refractivity contribution >= 4 is 28.6 Å². The van der Waals surface area contributed by atoms with Crippen LogP contribution in [0.2, 0.25) is 0 Å². The molecule has 3 aromatic rings. The second kappa shape index (κ2) is 6.52. The smallest absolute Gasteiger partial charge is 0.221 e. The lowest BCUT2D eigenvalue weighted by Gasteiger charge is -2.12. The molecule has 23 heavy (non-hydrogen) atoms. The molecule has 0 saturated heterocycles. The third kappa shape index (κ3) is 3.18. The minimum Gasteiger partial charge on any atom is -0.351 e. The molecule has 0 radical (unpaired) electrons. The van der Waals surface area contributed by atoms with Crippen LogP contribution in [0.5, 0.6) is 0 Å². The van der Waals surface area contributed by atoms with E-state index < -0.39 is 0 Å². The van der Waals surface area contributed by atoms with Gasteiger partial charge in [0.25, 0.3) is 0 Å². The molecule has 3 rings (SSSR count). The van der Waals surface area contributed by atoms with Gasteiger partial charge in [-0.3, -0.25) is 4.79 Å². The van der Waals surface area contributed by atoms with Crippen LogP contribution >= 0.6 is 0 Å². The van der Waals surface area contributed by atoms with E-state index in [1.165, 1.54) is 6.92 Å². The van der Waals surface area contributed by atoms with Gasteiger partial charge in [0.15, 0.2) is 0 Å². The first-order valence-electron chi connectivity index (χ1n) is 7.73. The van der Waals surface area contributed by atoms with Crippen LogP contribution < -0.4 is 10.6 Å². The quantitative estimate of drug-likeness (QED) is 0.756. The van der Waals surface area contributed by atoms with Crippen molar-refractivity contribution in [1.82, 2.24) is 9.55 Å². The minimum absolute atomic E-state index is 0.0711. The van der Waals surface area contributed by atoms with E-state index in [0.29, 0.717) is 6.54 Å². The van der Waals surface area contributed by atoms with Crippen molar-refractivity contribution in [2.45, 2.75) is 26.9 Å². The van der Waals surface area contributed by atoms with Crippen LogP contribution in [0, 0.1) is 0 Å². The second-order valence-corrected chi connectivity index (χ2v) is 5.36. The predicted octanol–water partition coefficient (Wildman–Crippen LogP) is 3.63. The molecule has 0 unspecified atom stereocenters. The maximum atomic E-state index is 11.3. The van der Waals surface area contributed by atoms with Crippen LogP contribution in [0.25, 0.3) is 11.0 Å². The third-order valence-electron chi connectivity index (χ3n) is 3.74. The normalized spacial score (nSPS) is 10.7. The average Bonchev–Trinajstić information content (AvgIpc) is 2.91. The molecule has 0 atom stereocenters. The molecular weight excluding hydrogens is 288 g/mol. The Morgan fingerprint density at radius 3 is 2.65 bits per heavy atom. The van der Waals surface area contributed by atoms with Crippen molar-refractivity contribution in [3.63, 3.8) is 0 Å². The molecule has 5 nitrogen and oxygen atoms in total. The van der Waals surface area contributed by atoms with Crippen LogP contribution in [0.15, 0.2) is 48.5 Å². The number of anilines is 2. The van der Waals surface area contributed by atoms with Crippen molar-refractivity contribution in [2.24, 2.45) is 0 Å². The van der Waals surface area contributed by atoms with Crippen molar-refractivity contribution in [3.8, 4) is 0 Å². The van der Waals surface area contributed by atoms with Gasteiger partial charge in [-0.2, -0.15) is 0 Å². The number of fused-ring (bicyclic) bond motifs is 1. The summed E-state index contributed by atoms with van der Waals surface area (Å²) in [6.45, 7) is 5.06. The minimum atomic E-state index is -0.0711. The largest absolute Gasteiger partial charge is 0.351 e. The van der Waals surface area contributed by atoms with Gasteiger partial charge in [-0.25, -0.2) is 4.98 Å². The summed E-state index contributed by atoms with van der Waals surface area (Å²) < 4.78 is 2.15. The maximum absolute atomic E-state index is 11.3. The van der Waals surface area contributed by atoms with Gasteiger partial charge in [-0.05, 0) is 30.7 Å². The monoisotopic (exact) mass is 308 g/mol. The lowest BCUT2D eigenvalue weighted by atomic mass is 10.1. The van der Waals surface area contributed by atoms with E-state index in [0.717, 1.165) is 34.8 Å². The Balaban J connectivity index is 1.85. The topological polar surface area (TPSA) is 59.0 Å². The number of aromatic nitrogens is 2. The number of hydrogen-bond donors (Lipinski definition) is 2. The molecule has 1 amide bonds. The highest BCUT2D eigenvalue weighted by molar-refractivity contribution is 5.89. The number of hydrogen-bond acceptors (Lipinski definition) is 3. The van der Waals surface area contributed by atoms with Crippen LogP contribution in [-0.2, 0) is 17.9 Å². The molecular formula is C18H20N4O. The highest BCUT2D eigenvalue weighted by Crippen LogP contribution is 2.21. The maximum Gasteiger partial charge on any atom is 0.221 e. The van der Waals surface area contributed by atoms with E-state index in [1.807, 2.05) is 42.5 Å². The van der Waals surface area contributed by atoms with Gasteiger partial charge in [0.1, 0.15) is 0 Å². The molecule has 0 fully saturated rings. The molecule has 2 N–H and O–H groups in total. The zero-order valence-electron chi connectivity index (χ0n) is 13.3. The van der Waals surface area contributed by atoms with Crippen molar-refractivity contribution in [2.75, 3.05) is 10.6 Å². The van der Waals surface area contributed by atoms with Gasteiger partial charge < -0.3 is 15.2 Å². The van der Waals surface area contributed by atoms with E-state index in [1.54, 1.807) is 0 Å². The van der Waals surface area contributed by atoms with E-state index in [2.05, 4.69) is 33.2 Å². The number of nitrogens with zero attached hydrogens (tertiary/aromatic N) is 2. The summed E-state index contributed by atoms with van der Waals surface area (Å²) in [6, 6.07) is 15.9. The fourth-order valence-electron chi connectivity index (χ4n) is 2.69. The Bertz CT molecular complexity index is 838. The fraction of sp³-hybridized carbons (Fsp3) is 0.222. The van der Waals surface area contributed by atoms with Gasteiger partial charge >= 0.3 is 0 Å². The Kier molecular flexibility index (Phi) is 4.28. The Morgan fingerprint density at radius 1 is 1.13 bits per heavy atom. The number of nitrogens with one attached hydrogen (secondary N) is 2. The van der Waals surface area contributed by atoms with Crippen LogP contribution in [0.3, 0.4) is 0 Å². The number of rotatable bonds is 5. The first-order chi connectivity index (χ1) is 11.2. The molecule has 5 heteroatoms. The van der Waals surface area contributed by atoms with Gasteiger partial charge in [0, 0.05) is 25.7 Å². The average molecular weight is 308 g/mol. The number of carbonyl (C=O) groups is 1. The number of amides is 1. The summed E-state index contributed by atoms with van der Waals surface area (Å²) in [4.78, 5) is 16.0. The Morgan fingerprint density at radius 2 is 1.87 bits per heavy atom. The summed E-state index contributed by atoms with van der Waals surface area (Å²) in [6.07, 6.45) is 0. The highest BCUT2D eigenvalue weighted by atomic mass is 16.1. The zero-order chi connectivity index (χ0) is 16.2. The standard InChI is InChI=1S/C18H20N4O/c1-3-22-17-11-7-6-10-16(17)21-18(22)19-12-14-8-4-5-9-15(14)20-13(2)23/h4-11H,3,12H2,1-2H3,(H,19,21)(H,20,23). The van der Waals surface area contributed by atoms with Crippen LogP contribution in [0.1, 0.15) is 19.4 Å². The molecule has 118 valence electrons. The lowest BCUT2D eigenvalue weighted by Crippen LogP contribution is -2.11. The lowest BCUT2D eigenvalue weighted by molar-refractivity contribution is -0.114. The van der Waals surface area contributed by atoms with E-state index in [-0.39, 0.29) is 5.91 Å². The first-order valence-corrected chi connectivity index (χ1v) is 7.73. The zero-order valence-corrected chi connectivity index (χ0v) is 13.3. The molecule has 0 saturated carbocycles. The number of imidazole rings is 1. The first kappa shape index (κ1) is 15.1. The van der Waals surface area contributed by atoms with Crippen LogP contribution in [0.4, 0.5) is 11.6 Å². The number of aryl methyl sites for hydroxylation is 1. The molecule has 1 aromatic heterocycles. The van der Waals surface area contributed by atoms with Crippen molar-refractivity contribution < 1.29 is 4.79 Å². The molecule has 2 aromatic carbocycles. The van der Waals surface area contributed by atoms with Gasteiger partial charge in [-0.15, -0.1) is 0 Å². The van der Waals surface area contributed by atoms with Crippen molar-refractivity contribution in [3.05, 3.63) is 54.1 Å². The molecule has 0 aliphatic carbocycles. The SMILES string of the molecule is CCn1c(NCc2ccccc2NC(C)=O)nc2ccccc21. The molecule has 0 bridgehead atoms. The highest BCUT2D eigenvalue weighted by Gasteiger charge is 2.09. The van der Waals surface area contributed by atoms with Crippen molar-refractivity contribution in [1.29, 1.82) is 0 Å². The van der Waals surface area contributed by atoms with E-state index in [4.69, 9.17) is 0 Å². The number of para-hydroxylation sites is 3. The van der Waals surface area contributed by atoms with Gasteiger partial charge in [0.05, 0.1) is 11.0 Å². The van der Waals surface area contributed by atoms with E-state index >= 15 is 0 Å². The molecule has 0 aliphatic heterocycles. The Labute approximate surface area is 135 Å². The van der Waals surface area contributed by atoms with Crippen LogP contribution in [-0.4, -0.2) is 15.5 Å². The molecule has 1 heterocycles. The summed E-state index contributed by atoms with van der Waals surface area (Å²) >= 11 is 0. The van der Waals surface area contributed by atoms with E-state index in [9.17, 15) is 4.79 Å². The summed E-state index contributed by atoms with van der Waals surface area (Å²) in [7, 11) is 0. The van der Waals surface area contributed by atoms with Gasteiger partial charge in [-0.1, -0.05) is 30.3 Å².